The van der Waals surface area contributed by atoms with Gasteiger partial charge in [0.25, 0.3) is 0 Å². The third-order valence-corrected chi connectivity index (χ3v) is 6.85. The molecule has 1 aliphatic carbocycles. The topological polar surface area (TPSA) is 12.5 Å². The molecule has 0 spiro atoms. The van der Waals surface area contributed by atoms with Gasteiger partial charge in [0, 0.05) is 12.5 Å². The van der Waals surface area contributed by atoms with Gasteiger partial charge in [-0.1, -0.05) is 19.1 Å². The van der Waals surface area contributed by atoms with Gasteiger partial charge in [0.1, 0.15) is 5.82 Å². The summed E-state index contributed by atoms with van der Waals surface area (Å²) in [7, 11) is 3.94. The van der Waals surface area contributed by atoms with Crippen LogP contribution in [0.15, 0.2) is 42.5 Å². The summed E-state index contributed by atoms with van der Waals surface area (Å²) in [6, 6.07) is 7.58. The van der Waals surface area contributed by atoms with Crippen LogP contribution in [0, 0.1) is 17.7 Å². The Morgan fingerprint density at radius 3 is 1.94 bits per heavy atom. The fourth-order valence-corrected chi connectivity index (χ4v) is 5.09. The van der Waals surface area contributed by atoms with Crippen LogP contribution in [-0.2, 0) is 17.1 Å². The molecular weight excluding hydrogens is 475 g/mol. The molecule has 5 atom stereocenters. The minimum atomic E-state index is -4.93. The lowest BCUT2D eigenvalue weighted by molar-refractivity contribution is -0.143. The zero-order valence-electron chi connectivity index (χ0n) is 20.1. The molecule has 0 amide bonds. The molecule has 3 rings (SSSR count). The first kappa shape index (κ1) is 27.5. The molecule has 2 aromatic rings. The van der Waals surface area contributed by atoms with Crippen molar-refractivity contribution in [2.75, 3.05) is 20.6 Å². The fourth-order valence-electron chi connectivity index (χ4n) is 5.09. The maximum Gasteiger partial charge on any atom is 0.416 e. The number of nitrogens with zero attached hydrogens (tertiary/aromatic N) is 1. The molecule has 0 aromatic heterocycles. The molecular formula is C26H30F7NO. The van der Waals surface area contributed by atoms with Crippen molar-refractivity contribution in [2.24, 2.45) is 11.8 Å². The van der Waals surface area contributed by atoms with E-state index in [1.54, 1.807) is 12.1 Å². The molecule has 0 radical (unpaired) electrons. The molecule has 35 heavy (non-hydrogen) atoms. The number of hydrogen-bond donors (Lipinski definition) is 0. The van der Waals surface area contributed by atoms with Crippen molar-refractivity contribution in [1.29, 1.82) is 0 Å². The average molecular weight is 506 g/mol. The molecule has 194 valence electrons. The smallest absolute Gasteiger partial charge is 0.370 e. The van der Waals surface area contributed by atoms with E-state index in [4.69, 9.17) is 4.74 Å². The summed E-state index contributed by atoms with van der Waals surface area (Å²) in [5.41, 5.74) is -2.08. The van der Waals surface area contributed by atoms with Crippen molar-refractivity contribution in [3.8, 4) is 0 Å². The maximum absolute atomic E-state index is 13.6. The van der Waals surface area contributed by atoms with E-state index in [-0.39, 0.29) is 23.5 Å². The first-order valence-electron chi connectivity index (χ1n) is 11.5. The normalized spacial score (nSPS) is 24.6. The lowest BCUT2D eigenvalue weighted by atomic mass is 9.68. The molecule has 2 aromatic carbocycles. The Morgan fingerprint density at radius 2 is 1.46 bits per heavy atom. The van der Waals surface area contributed by atoms with E-state index in [9.17, 15) is 30.7 Å². The number of alkyl halides is 6. The predicted octanol–water partition coefficient (Wildman–Crippen LogP) is 7.70. The minimum absolute atomic E-state index is 0.0982. The third kappa shape index (κ3) is 6.76. The summed E-state index contributed by atoms with van der Waals surface area (Å²) in [6.07, 6.45) is -9.93. The highest BCUT2D eigenvalue weighted by Crippen LogP contribution is 2.45. The van der Waals surface area contributed by atoms with E-state index in [0.717, 1.165) is 18.5 Å². The Labute approximate surface area is 201 Å². The van der Waals surface area contributed by atoms with Crippen LogP contribution in [-0.4, -0.2) is 31.6 Å². The second-order valence-corrected chi connectivity index (χ2v) is 9.69. The van der Waals surface area contributed by atoms with Crippen LogP contribution in [0.25, 0.3) is 0 Å². The first-order chi connectivity index (χ1) is 16.2. The Bertz CT molecular complexity index is 952. The van der Waals surface area contributed by atoms with Crippen LogP contribution in [0.1, 0.15) is 61.0 Å². The van der Waals surface area contributed by atoms with Crippen molar-refractivity contribution in [3.05, 3.63) is 70.5 Å². The van der Waals surface area contributed by atoms with Crippen molar-refractivity contribution < 1.29 is 35.5 Å². The standard InChI is InChI=1S/C26H30F7NO/c1-15-18(14-34(3)4)7-10-23(24(15)17-5-8-22(27)9-6-17)35-16(2)19-11-20(25(28,29)30)13-21(12-19)26(31,32)33/h5-6,8-9,11-13,15-16,18,23-24H,7,10,14H2,1-4H3/t15-,16-,18-,23+,24-/m1/s1. The van der Waals surface area contributed by atoms with E-state index >= 15 is 0 Å². The van der Waals surface area contributed by atoms with Gasteiger partial charge in [-0.2, -0.15) is 26.3 Å². The minimum Gasteiger partial charge on any atom is -0.370 e. The van der Waals surface area contributed by atoms with E-state index in [1.165, 1.54) is 19.1 Å². The summed E-state index contributed by atoms with van der Waals surface area (Å²) in [5.74, 6) is -0.178. The molecule has 0 N–H and O–H groups in total. The van der Waals surface area contributed by atoms with Crippen molar-refractivity contribution in [1.82, 2.24) is 4.90 Å². The fraction of sp³-hybridized carbons (Fsp3) is 0.538. The molecule has 0 bridgehead atoms. The average Bonchev–Trinajstić information content (AvgIpc) is 2.75. The molecule has 1 fully saturated rings. The third-order valence-electron chi connectivity index (χ3n) is 6.85. The van der Waals surface area contributed by atoms with Crippen LogP contribution in [0.4, 0.5) is 30.7 Å². The summed E-state index contributed by atoms with van der Waals surface area (Å²) < 4.78 is 99.7. The zero-order valence-corrected chi connectivity index (χ0v) is 20.1. The van der Waals surface area contributed by atoms with Crippen molar-refractivity contribution in [3.63, 3.8) is 0 Å². The van der Waals surface area contributed by atoms with Crippen LogP contribution >= 0.6 is 0 Å². The second-order valence-electron chi connectivity index (χ2n) is 9.69. The van der Waals surface area contributed by atoms with Crippen LogP contribution in [0.5, 0.6) is 0 Å². The SMILES string of the molecule is C[C@@H]1[C@@H](CN(C)C)CC[C@H](O[C@H](C)c2cc(C(F)(F)F)cc(C(F)(F)F)c2)[C@H]1c1ccc(F)cc1. The van der Waals surface area contributed by atoms with Gasteiger partial charge in [-0.25, -0.2) is 4.39 Å². The first-order valence-corrected chi connectivity index (χ1v) is 11.5. The largest absolute Gasteiger partial charge is 0.416 e. The van der Waals surface area contributed by atoms with Gasteiger partial charge in [-0.15, -0.1) is 0 Å². The van der Waals surface area contributed by atoms with Gasteiger partial charge >= 0.3 is 12.4 Å². The van der Waals surface area contributed by atoms with Crippen molar-refractivity contribution in [2.45, 2.75) is 57.2 Å². The second kappa shape index (κ2) is 10.5. The Kier molecular flexibility index (Phi) is 8.21. The Balaban J connectivity index is 1.94. The van der Waals surface area contributed by atoms with Gasteiger partial charge in [0.2, 0.25) is 0 Å². The van der Waals surface area contributed by atoms with E-state index in [1.807, 2.05) is 14.1 Å². The van der Waals surface area contributed by atoms with E-state index in [2.05, 4.69) is 11.8 Å². The molecule has 1 aliphatic rings. The van der Waals surface area contributed by atoms with Crippen LogP contribution in [0.3, 0.4) is 0 Å². The summed E-state index contributed by atoms with van der Waals surface area (Å²) >= 11 is 0. The Hall–Kier alpha value is -2.13. The van der Waals surface area contributed by atoms with Gasteiger partial charge in [-0.05, 0) is 87.2 Å². The number of hydrogen-bond acceptors (Lipinski definition) is 2. The summed E-state index contributed by atoms with van der Waals surface area (Å²) in [6.45, 7) is 4.35. The zero-order chi connectivity index (χ0) is 26.1. The number of ether oxygens (including phenoxy) is 1. The van der Waals surface area contributed by atoms with Gasteiger partial charge in [-0.3, -0.25) is 0 Å². The lowest BCUT2D eigenvalue weighted by Gasteiger charge is -2.43. The number of benzene rings is 2. The van der Waals surface area contributed by atoms with E-state index in [0.29, 0.717) is 24.5 Å². The van der Waals surface area contributed by atoms with Gasteiger partial charge < -0.3 is 9.64 Å². The van der Waals surface area contributed by atoms with Crippen LogP contribution in [0.2, 0.25) is 0 Å². The number of rotatable bonds is 6. The highest BCUT2D eigenvalue weighted by molar-refractivity contribution is 5.35. The van der Waals surface area contributed by atoms with Crippen molar-refractivity contribution >= 4 is 0 Å². The molecule has 0 unspecified atom stereocenters. The molecule has 0 heterocycles. The highest BCUT2D eigenvalue weighted by Gasteiger charge is 2.41. The highest BCUT2D eigenvalue weighted by atomic mass is 19.4. The van der Waals surface area contributed by atoms with Crippen LogP contribution < -0.4 is 0 Å². The van der Waals surface area contributed by atoms with Gasteiger partial charge in [0.15, 0.2) is 0 Å². The summed E-state index contributed by atoms with van der Waals surface area (Å²) in [4.78, 5) is 2.08. The summed E-state index contributed by atoms with van der Waals surface area (Å²) in [5, 5.41) is 0. The quantitative estimate of drug-likeness (QED) is 0.373. The molecule has 0 saturated heterocycles. The molecule has 2 nitrogen and oxygen atoms in total. The predicted molar refractivity (Wildman–Crippen MR) is 119 cm³/mol. The van der Waals surface area contributed by atoms with Gasteiger partial charge in [0.05, 0.1) is 23.3 Å². The molecule has 1 saturated carbocycles. The number of halogens is 7. The maximum atomic E-state index is 13.6. The molecule has 0 aliphatic heterocycles. The Morgan fingerprint density at radius 1 is 0.914 bits per heavy atom. The molecule has 9 heteroatoms. The monoisotopic (exact) mass is 505 g/mol. The van der Waals surface area contributed by atoms with E-state index < -0.39 is 41.5 Å². The lowest BCUT2D eigenvalue weighted by Crippen LogP contribution is -2.40.